The first-order valence-corrected chi connectivity index (χ1v) is 19.8. The average molecular weight is 661 g/mol. The molecule has 0 rings (SSSR count). The quantitative estimate of drug-likeness (QED) is 0.0612. The van der Waals surface area contributed by atoms with E-state index in [-0.39, 0.29) is 44.1 Å². The molecule has 0 fully saturated rings. The molecule has 0 aromatic carbocycles. The van der Waals surface area contributed by atoms with Gasteiger partial charge in [-0.05, 0) is 12.2 Å². The second kappa shape index (κ2) is 29.0. The van der Waals surface area contributed by atoms with Gasteiger partial charge in [-0.3, -0.25) is 13.8 Å². The van der Waals surface area contributed by atoms with Crippen molar-refractivity contribution in [2.75, 3.05) is 101 Å². The van der Waals surface area contributed by atoms with Crippen LogP contribution in [0.2, 0.25) is 0 Å². The Morgan fingerprint density at radius 1 is 0.667 bits per heavy atom. The minimum Gasteiger partial charge on any atom is -0.476 e. The molecule has 2 N–H and O–H groups in total. The topological polar surface area (TPSA) is 119 Å². The highest BCUT2D eigenvalue weighted by Gasteiger charge is 2.05. The van der Waals surface area contributed by atoms with E-state index in [9.17, 15) is 13.8 Å². The van der Waals surface area contributed by atoms with Gasteiger partial charge in [-0.1, -0.05) is 0 Å². The summed E-state index contributed by atoms with van der Waals surface area (Å²) >= 11 is 15.0. The van der Waals surface area contributed by atoms with Crippen molar-refractivity contribution >= 4 is 111 Å². The molecule has 0 saturated heterocycles. The van der Waals surface area contributed by atoms with Gasteiger partial charge >= 0.3 is 11.9 Å². The van der Waals surface area contributed by atoms with Crippen LogP contribution in [0.1, 0.15) is 0 Å². The molecule has 0 aliphatic rings. The number of ether oxygens (including phenoxy) is 3. The van der Waals surface area contributed by atoms with Gasteiger partial charge < -0.3 is 24.4 Å². The van der Waals surface area contributed by atoms with E-state index in [4.69, 9.17) is 36.6 Å². The molecule has 1 atom stereocenters. The summed E-state index contributed by atoms with van der Waals surface area (Å²) in [6, 6.07) is 0. The fraction of sp³-hybridized carbons (Fsp3) is 0.850. The van der Waals surface area contributed by atoms with Gasteiger partial charge in [0, 0.05) is 56.8 Å². The summed E-state index contributed by atoms with van der Waals surface area (Å²) in [6.45, 7) is -0.204. The lowest BCUT2D eigenvalue weighted by Crippen LogP contribution is -2.11. The fourth-order valence-electron chi connectivity index (χ4n) is 1.90. The zero-order valence-corrected chi connectivity index (χ0v) is 26.7. The summed E-state index contributed by atoms with van der Waals surface area (Å²) in [4.78, 5) is 22.5. The fourth-order valence-corrected chi connectivity index (χ4v) is 9.74. The first-order valence-electron chi connectivity index (χ1n) is 11.0. The van der Waals surface area contributed by atoms with Gasteiger partial charge in [0.15, 0.2) is 5.05 Å². The molecule has 0 bridgehead atoms. The van der Waals surface area contributed by atoms with Crippen LogP contribution in [0.5, 0.6) is 0 Å². The van der Waals surface area contributed by atoms with Crippen LogP contribution < -0.4 is 0 Å². The standard InChI is InChI=1S/C20H36O8S8/c21-1-3-26-18(23)13-31-6-5-30-11-12-36(25)17-35-10-9-34-16-28-20(29)15-33-8-7-32-14-19(24)27-4-2-22/h21-22H,1-17H2. The van der Waals surface area contributed by atoms with Crippen molar-refractivity contribution in [2.45, 2.75) is 0 Å². The second-order valence-electron chi connectivity index (χ2n) is 6.37. The Hall–Kier alpha value is 1.00. The van der Waals surface area contributed by atoms with E-state index in [1.54, 1.807) is 47.0 Å². The first-order chi connectivity index (χ1) is 17.5. The molecule has 0 amide bonds. The van der Waals surface area contributed by atoms with E-state index in [0.29, 0.717) is 33.3 Å². The van der Waals surface area contributed by atoms with Crippen molar-refractivity contribution in [3.8, 4) is 0 Å². The molecule has 0 aromatic heterocycles. The van der Waals surface area contributed by atoms with Crippen molar-refractivity contribution in [3.05, 3.63) is 0 Å². The van der Waals surface area contributed by atoms with Crippen LogP contribution in [0.15, 0.2) is 0 Å². The van der Waals surface area contributed by atoms with Crippen LogP contribution >= 0.6 is 82.8 Å². The molecule has 212 valence electrons. The lowest BCUT2D eigenvalue weighted by molar-refractivity contribution is -0.142. The van der Waals surface area contributed by atoms with E-state index < -0.39 is 10.8 Å². The van der Waals surface area contributed by atoms with Crippen LogP contribution in [0.4, 0.5) is 0 Å². The average Bonchev–Trinajstić information content (AvgIpc) is 2.86. The zero-order chi connectivity index (χ0) is 26.7. The number of thiocarbonyl (C=S) groups is 1. The number of carbonyl (C=O) groups is 2. The van der Waals surface area contributed by atoms with Crippen LogP contribution in [-0.4, -0.2) is 132 Å². The molecule has 36 heavy (non-hydrogen) atoms. The number of aliphatic hydroxyl groups excluding tert-OH is 2. The highest BCUT2D eigenvalue weighted by molar-refractivity contribution is 8.11. The van der Waals surface area contributed by atoms with Crippen molar-refractivity contribution in [1.29, 1.82) is 0 Å². The molecule has 0 radical (unpaired) electrons. The maximum absolute atomic E-state index is 12.0. The largest absolute Gasteiger partial charge is 0.476 e. The highest BCUT2D eigenvalue weighted by Crippen LogP contribution is 2.13. The third kappa shape index (κ3) is 28.0. The molecular formula is C20H36O8S8. The summed E-state index contributed by atoms with van der Waals surface area (Å²) in [5.41, 5.74) is 0. The predicted octanol–water partition coefficient (Wildman–Crippen LogP) is 2.46. The Balaban J connectivity index is 3.37. The molecule has 1 unspecified atom stereocenters. The lowest BCUT2D eigenvalue weighted by atomic mass is 10.7. The summed E-state index contributed by atoms with van der Waals surface area (Å²) in [6.07, 6.45) is 0. The summed E-state index contributed by atoms with van der Waals surface area (Å²) in [5.74, 6) is 7.90. The van der Waals surface area contributed by atoms with Gasteiger partial charge in [0.05, 0.1) is 35.6 Å². The molecule has 0 saturated carbocycles. The minimum absolute atomic E-state index is 0.0486. The number of rotatable bonds is 26. The monoisotopic (exact) mass is 660 g/mol. The Kier molecular flexibility index (Phi) is 29.8. The van der Waals surface area contributed by atoms with Gasteiger partial charge in [0.25, 0.3) is 0 Å². The van der Waals surface area contributed by atoms with Crippen molar-refractivity contribution in [2.24, 2.45) is 0 Å². The summed E-state index contributed by atoms with van der Waals surface area (Å²) < 4.78 is 27.1. The molecule has 0 heterocycles. The number of esters is 2. The molecule has 0 spiro atoms. The van der Waals surface area contributed by atoms with Crippen LogP contribution in [-0.2, 0) is 34.6 Å². The van der Waals surface area contributed by atoms with Crippen molar-refractivity contribution in [1.82, 2.24) is 0 Å². The Morgan fingerprint density at radius 2 is 1.17 bits per heavy atom. The maximum Gasteiger partial charge on any atom is 0.315 e. The van der Waals surface area contributed by atoms with Gasteiger partial charge in [-0.2, -0.15) is 23.5 Å². The van der Waals surface area contributed by atoms with Crippen LogP contribution in [0, 0.1) is 0 Å². The predicted molar refractivity (Wildman–Crippen MR) is 167 cm³/mol. The number of hydrogen-bond acceptors (Lipinski definition) is 15. The Labute approximate surface area is 247 Å². The van der Waals surface area contributed by atoms with E-state index >= 15 is 0 Å². The lowest BCUT2D eigenvalue weighted by Gasteiger charge is -2.07. The number of carbonyl (C=O) groups excluding carboxylic acids is 2. The Bertz CT molecular complexity index is 600. The molecule has 0 aromatic rings. The third-order valence-electron chi connectivity index (χ3n) is 3.46. The molecule has 16 heteroatoms. The van der Waals surface area contributed by atoms with Crippen molar-refractivity contribution < 1.29 is 38.2 Å². The van der Waals surface area contributed by atoms with E-state index in [1.807, 2.05) is 0 Å². The highest BCUT2D eigenvalue weighted by atomic mass is 32.2. The first kappa shape index (κ1) is 37.0. The van der Waals surface area contributed by atoms with Gasteiger partial charge in [0.1, 0.15) is 19.2 Å². The number of thioether (sulfide) groups is 6. The SMILES string of the molecule is O=C(CSCCSCCS(=O)CSCCSCOC(=S)CSCCSCC(=O)OCCO)OCCO. The van der Waals surface area contributed by atoms with Gasteiger partial charge in [-0.25, -0.2) is 0 Å². The van der Waals surface area contributed by atoms with Crippen LogP contribution in [0.3, 0.4) is 0 Å². The number of aliphatic hydroxyl groups is 2. The molecule has 8 nitrogen and oxygen atoms in total. The smallest absolute Gasteiger partial charge is 0.315 e. The van der Waals surface area contributed by atoms with E-state index in [1.165, 1.54) is 23.5 Å². The minimum atomic E-state index is -0.828. The van der Waals surface area contributed by atoms with Gasteiger partial charge in [0.2, 0.25) is 0 Å². The number of hydrogen-bond donors (Lipinski definition) is 2. The molecule has 0 aliphatic carbocycles. The van der Waals surface area contributed by atoms with E-state index in [2.05, 4.69) is 0 Å². The van der Waals surface area contributed by atoms with Crippen LogP contribution in [0.25, 0.3) is 0 Å². The van der Waals surface area contributed by atoms with Gasteiger partial charge in [-0.15, -0.1) is 47.0 Å². The molecule has 0 aliphatic heterocycles. The maximum atomic E-state index is 12.0. The Morgan fingerprint density at radius 3 is 1.75 bits per heavy atom. The third-order valence-corrected chi connectivity index (χ3v) is 12.4. The molecular weight excluding hydrogens is 625 g/mol. The zero-order valence-electron chi connectivity index (χ0n) is 20.1. The van der Waals surface area contributed by atoms with E-state index in [0.717, 1.165) is 40.3 Å². The summed E-state index contributed by atoms with van der Waals surface area (Å²) in [5, 5.41) is 18.4. The normalized spacial score (nSPS) is 11.7. The summed E-state index contributed by atoms with van der Waals surface area (Å²) in [7, 11) is -0.828. The second-order valence-corrected chi connectivity index (χ2v) is 15.5. The van der Waals surface area contributed by atoms with Crippen molar-refractivity contribution in [3.63, 3.8) is 0 Å².